The van der Waals surface area contributed by atoms with Gasteiger partial charge in [-0.05, 0) is 6.92 Å². The topological polar surface area (TPSA) is 124 Å². The molecule has 1 fully saturated rings. The molecule has 1 atom stereocenters. The van der Waals surface area contributed by atoms with Crippen molar-refractivity contribution in [2.24, 2.45) is 5.92 Å². The number of carbonyl (C=O) groups excluding carboxylic acids is 2. The molecule has 0 saturated carbocycles. The zero-order valence-corrected chi connectivity index (χ0v) is 11.0. The van der Waals surface area contributed by atoms with Gasteiger partial charge >= 0.3 is 11.9 Å². The molecule has 3 N–H and O–H groups in total. The molecule has 0 aromatic heterocycles. The van der Waals surface area contributed by atoms with Crippen molar-refractivity contribution in [3.05, 3.63) is 11.6 Å². The van der Waals surface area contributed by atoms with Crippen LogP contribution in [0.3, 0.4) is 0 Å². The Morgan fingerprint density at radius 1 is 1.40 bits per heavy atom. The van der Waals surface area contributed by atoms with E-state index in [1.54, 1.807) is 0 Å². The lowest BCUT2D eigenvalue weighted by atomic mass is 10.1. The van der Waals surface area contributed by atoms with E-state index in [0.717, 1.165) is 6.08 Å². The molecule has 1 rings (SSSR count). The van der Waals surface area contributed by atoms with E-state index in [9.17, 15) is 19.2 Å². The van der Waals surface area contributed by atoms with E-state index in [4.69, 9.17) is 10.2 Å². The Kier molecular flexibility index (Phi) is 5.24. The van der Waals surface area contributed by atoms with Gasteiger partial charge in [-0.1, -0.05) is 0 Å². The van der Waals surface area contributed by atoms with Crippen molar-refractivity contribution in [1.82, 2.24) is 10.2 Å². The van der Waals surface area contributed by atoms with Crippen LogP contribution in [0.5, 0.6) is 0 Å². The Labute approximate surface area is 115 Å². The Balaban J connectivity index is 2.37. The van der Waals surface area contributed by atoms with Crippen LogP contribution in [0.2, 0.25) is 0 Å². The Bertz CT molecular complexity index is 471. The highest BCUT2D eigenvalue weighted by molar-refractivity contribution is 5.97. The van der Waals surface area contributed by atoms with Crippen molar-refractivity contribution in [2.75, 3.05) is 19.6 Å². The average Bonchev–Trinajstić information content (AvgIpc) is 2.71. The Morgan fingerprint density at radius 2 is 2.05 bits per heavy atom. The lowest BCUT2D eigenvalue weighted by molar-refractivity contribution is -0.141. The molecule has 110 valence electrons. The number of carboxylic acids is 2. The van der Waals surface area contributed by atoms with E-state index < -0.39 is 23.8 Å². The molecule has 8 heteroatoms. The average molecular weight is 284 g/mol. The molecule has 0 spiro atoms. The number of amides is 2. The lowest BCUT2D eigenvalue weighted by Gasteiger charge is -2.15. The summed E-state index contributed by atoms with van der Waals surface area (Å²) in [7, 11) is 0. The van der Waals surface area contributed by atoms with Gasteiger partial charge in [-0.25, -0.2) is 4.79 Å². The van der Waals surface area contributed by atoms with Crippen molar-refractivity contribution in [3.8, 4) is 0 Å². The van der Waals surface area contributed by atoms with Crippen molar-refractivity contribution >= 4 is 23.8 Å². The molecule has 1 aliphatic rings. The van der Waals surface area contributed by atoms with Crippen molar-refractivity contribution < 1.29 is 29.4 Å². The maximum Gasteiger partial charge on any atom is 0.331 e. The Hall–Kier alpha value is -2.38. The van der Waals surface area contributed by atoms with Gasteiger partial charge in [-0.3, -0.25) is 14.4 Å². The van der Waals surface area contributed by atoms with Crippen LogP contribution in [0.15, 0.2) is 11.6 Å². The van der Waals surface area contributed by atoms with Crippen molar-refractivity contribution in [1.29, 1.82) is 0 Å². The highest BCUT2D eigenvalue weighted by Gasteiger charge is 2.33. The molecule has 0 aromatic carbocycles. The molecule has 0 radical (unpaired) electrons. The second-order valence-corrected chi connectivity index (χ2v) is 4.50. The maximum absolute atomic E-state index is 11.5. The van der Waals surface area contributed by atoms with Gasteiger partial charge in [0.25, 0.3) is 0 Å². The number of carboxylic acid groups (broad SMARTS) is 2. The smallest absolute Gasteiger partial charge is 0.331 e. The fourth-order valence-electron chi connectivity index (χ4n) is 1.78. The molecular formula is C12H16N2O6. The summed E-state index contributed by atoms with van der Waals surface area (Å²) in [6.45, 7) is 1.77. The highest BCUT2D eigenvalue weighted by atomic mass is 16.4. The Morgan fingerprint density at radius 3 is 2.55 bits per heavy atom. The van der Waals surface area contributed by atoms with E-state index >= 15 is 0 Å². The van der Waals surface area contributed by atoms with Crippen LogP contribution in [0, 0.1) is 5.92 Å². The molecule has 0 bridgehead atoms. The summed E-state index contributed by atoms with van der Waals surface area (Å²) in [5.41, 5.74) is -0.0920. The largest absolute Gasteiger partial charge is 0.481 e. The van der Waals surface area contributed by atoms with Crippen LogP contribution in [0.4, 0.5) is 0 Å². The standard InChI is InChI=1S/C12H16N2O6/c1-7(11(17)18)4-9(15)13-2-3-14-6-8(12(19)20)5-10(14)16/h4,8H,2-3,5-6H2,1H3,(H,13,15)(H,17,18)(H,19,20)/b7-4+. The molecule has 1 unspecified atom stereocenters. The fourth-order valence-corrected chi connectivity index (χ4v) is 1.78. The van der Waals surface area contributed by atoms with Gasteiger partial charge in [-0.15, -0.1) is 0 Å². The number of aliphatic carboxylic acids is 2. The van der Waals surface area contributed by atoms with E-state index in [1.165, 1.54) is 11.8 Å². The van der Waals surface area contributed by atoms with Crippen LogP contribution in [0.25, 0.3) is 0 Å². The monoisotopic (exact) mass is 284 g/mol. The summed E-state index contributed by atoms with van der Waals surface area (Å²) in [4.78, 5) is 45.4. The number of carbonyl (C=O) groups is 4. The second-order valence-electron chi connectivity index (χ2n) is 4.50. The molecule has 1 saturated heterocycles. The predicted octanol–water partition coefficient (Wildman–Crippen LogP) is -0.933. The number of likely N-dealkylation sites (tertiary alicyclic amines) is 1. The molecule has 1 aliphatic heterocycles. The number of rotatable bonds is 6. The zero-order chi connectivity index (χ0) is 15.3. The number of nitrogens with zero attached hydrogens (tertiary/aromatic N) is 1. The van der Waals surface area contributed by atoms with Gasteiger partial charge < -0.3 is 20.4 Å². The first-order chi connectivity index (χ1) is 9.31. The minimum Gasteiger partial charge on any atom is -0.481 e. The lowest BCUT2D eigenvalue weighted by Crippen LogP contribution is -2.35. The van der Waals surface area contributed by atoms with Crippen LogP contribution >= 0.6 is 0 Å². The molecule has 8 nitrogen and oxygen atoms in total. The van der Waals surface area contributed by atoms with E-state index in [-0.39, 0.29) is 37.5 Å². The molecule has 20 heavy (non-hydrogen) atoms. The highest BCUT2D eigenvalue weighted by Crippen LogP contribution is 2.16. The van der Waals surface area contributed by atoms with E-state index in [2.05, 4.69) is 5.32 Å². The van der Waals surface area contributed by atoms with Crippen molar-refractivity contribution in [3.63, 3.8) is 0 Å². The van der Waals surface area contributed by atoms with Crippen LogP contribution in [-0.4, -0.2) is 58.5 Å². The minimum absolute atomic E-state index is 0.0265. The number of hydrogen-bond acceptors (Lipinski definition) is 4. The minimum atomic E-state index is -1.18. The molecule has 0 aliphatic carbocycles. The van der Waals surface area contributed by atoms with Crippen LogP contribution in [0.1, 0.15) is 13.3 Å². The molecular weight excluding hydrogens is 268 g/mol. The maximum atomic E-state index is 11.5. The summed E-state index contributed by atoms with van der Waals surface area (Å²) >= 11 is 0. The van der Waals surface area contributed by atoms with Gasteiger partial charge in [0.15, 0.2) is 0 Å². The zero-order valence-electron chi connectivity index (χ0n) is 11.0. The summed E-state index contributed by atoms with van der Waals surface area (Å²) in [6.07, 6.45) is 0.926. The third-order valence-electron chi connectivity index (χ3n) is 2.93. The second kappa shape index (κ2) is 6.69. The first-order valence-corrected chi connectivity index (χ1v) is 6.01. The molecule has 1 heterocycles. The normalized spacial score (nSPS) is 19.1. The molecule has 2 amide bonds. The quantitative estimate of drug-likeness (QED) is 0.541. The molecule has 0 aromatic rings. The first kappa shape index (κ1) is 15.7. The van der Waals surface area contributed by atoms with E-state index in [0.29, 0.717) is 0 Å². The predicted molar refractivity (Wildman–Crippen MR) is 66.7 cm³/mol. The van der Waals surface area contributed by atoms with Gasteiger partial charge in [0, 0.05) is 37.7 Å². The SMILES string of the molecule is C/C(=C\C(=O)NCCN1CC(C(=O)O)CC1=O)C(=O)O. The summed E-state index contributed by atoms with van der Waals surface area (Å²) in [5.74, 6) is -3.72. The van der Waals surface area contributed by atoms with E-state index in [1.807, 2.05) is 0 Å². The first-order valence-electron chi connectivity index (χ1n) is 6.01. The van der Waals surface area contributed by atoms with Crippen molar-refractivity contribution in [2.45, 2.75) is 13.3 Å². The summed E-state index contributed by atoms with van der Waals surface area (Å²) in [6, 6.07) is 0. The van der Waals surface area contributed by atoms with Gasteiger partial charge in [0.05, 0.1) is 5.92 Å². The van der Waals surface area contributed by atoms with Gasteiger partial charge in [-0.2, -0.15) is 0 Å². The number of hydrogen-bond donors (Lipinski definition) is 3. The number of nitrogens with one attached hydrogen (secondary N) is 1. The van der Waals surface area contributed by atoms with Gasteiger partial charge in [0.1, 0.15) is 0 Å². The van der Waals surface area contributed by atoms with Gasteiger partial charge in [0.2, 0.25) is 11.8 Å². The van der Waals surface area contributed by atoms with Crippen LogP contribution < -0.4 is 5.32 Å². The summed E-state index contributed by atoms with van der Waals surface area (Å²) in [5, 5.41) is 19.8. The van der Waals surface area contributed by atoms with Crippen LogP contribution in [-0.2, 0) is 19.2 Å². The summed E-state index contributed by atoms with van der Waals surface area (Å²) < 4.78 is 0. The fraction of sp³-hybridized carbons (Fsp3) is 0.500. The third-order valence-corrected chi connectivity index (χ3v) is 2.93. The third kappa shape index (κ3) is 4.38.